The van der Waals surface area contributed by atoms with Crippen molar-refractivity contribution in [2.45, 2.75) is 32.0 Å². The SMILES string of the molecule is CN=C(NCC1CCCOC1c1ccccc1)N1CCOC(c2ccccc2C)C1.I. The van der Waals surface area contributed by atoms with E-state index < -0.39 is 0 Å². The summed E-state index contributed by atoms with van der Waals surface area (Å²) in [6.07, 6.45) is 2.50. The molecule has 0 radical (unpaired) electrons. The van der Waals surface area contributed by atoms with E-state index >= 15 is 0 Å². The highest BCUT2D eigenvalue weighted by Crippen LogP contribution is 2.33. The third-order valence-electron chi connectivity index (χ3n) is 6.21. The third-order valence-corrected chi connectivity index (χ3v) is 6.21. The van der Waals surface area contributed by atoms with Gasteiger partial charge >= 0.3 is 0 Å². The molecule has 1 N–H and O–H groups in total. The molecule has 3 unspecified atom stereocenters. The number of hydrogen-bond donors (Lipinski definition) is 1. The van der Waals surface area contributed by atoms with Crippen molar-refractivity contribution >= 4 is 29.9 Å². The summed E-state index contributed by atoms with van der Waals surface area (Å²) in [5.74, 6) is 1.39. The van der Waals surface area contributed by atoms with Gasteiger partial charge in [-0.05, 0) is 36.5 Å². The van der Waals surface area contributed by atoms with Gasteiger partial charge in [0.15, 0.2) is 5.96 Å². The van der Waals surface area contributed by atoms with Gasteiger partial charge in [-0.15, -0.1) is 24.0 Å². The molecule has 168 valence electrons. The summed E-state index contributed by atoms with van der Waals surface area (Å²) in [5, 5.41) is 3.64. The van der Waals surface area contributed by atoms with Crippen LogP contribution < -0.4 is 5.32 Å². The van der Waals surface area contributed by atoms with Gasteiger partial charge in [0.05, 0.1) is 19.3 Å². The van der Waals surface area contributed by atoms with E-state index in [1.807, 2.05) is 7.05 Å². The number of nitrogens with zero attached hydrogens (tertiary/aromatic N) is 2. The molecule has 31 heavy (non-hydrogen) atoms. The van der Waals surface area contributed by atoms with Crippen LogP contribution in [-0.2, 0) is 9.47 Å². The Bertz CT molecular complexity index is 846. The Morgan fingerprint density at radius 2 is 1.84 bits per heavy atom. The van der Waals surface area contributed by atoms with Crippen molar-refractivity contribution in [3.63, 3.8) is 0 Å². The normalized spacial score (nSPS) is 24.4. The monoisotopic (exact) mass is 535 g/mol. The number of halogens is 1. The molecule has 2 saturated heterocycles. The number of aryl methyl sites for hydroxylation is 1. The Balaban J connectivity index is 0.00000272. The van der Waals surface area contributed by atoms with Crippen LogP contribution in [0.3, 0.4) is 0 Å². The standard InChI is InChI=1S/C25H33N3O2.HI/c1-19-9-6-7-13-22(19)23-18-28(14-16-29-23)25(26-2)27-17-21-12-8-15-30-24(21)20-10-4-3-5-11-20;/h3-7,9-11,13,21,23-24H,8,12,14-18H2,1-2H3,(H,26,27);1H. The Hall–Kier alpha value is -1.64. The number of ether oxygens (including phenoxy) is 2. The van der Waals surface area contributed by atoms with Gasteiger partial charge in [-0.3, -0.25) is 4.99 Å². The molecule has 0 aromatic heterocycles. The molecule has 0 aliphatic carbocycles. The maximum absolute atomic E-state index is 6.16. The molecule has 6 heteroatoms. The third kappa shape index (κ3) is 5.99. The number of benzene rings is 2. The fourth-order valence-corrected chi connectivity index (χ4v) is 4.60. The lowest BCUT2D eigenvalue weighted by atomic mass is 9.89. The molecule has 2 aliphatic heterocycles. The van der Waals surface area contributed by atoms with Crippen LogP contribution in [0.1, 0.15) is 41.7 Å². The molecule has 2 aromatic rings. The van der Waals surface area contributed by atoms with Gasteiger partial charge < -0.3 is 19.7 Å². The second-order valence-electron chi connectivity index (χ2n) is 8.19. The van der Waals surface area contributed by atoms with Crippen LogP contribution in [0.4, 0.5) is 0 Å². The Morgan fingerprint density at radius 1 is 1.06 bits per heavy atom. The van der Waals surface area contributed by atoms with Crippen LogP contribution in [0.25, 0.3) is 0 Å². The largest absolute Gasteiger partial charge is 0.373 e. The zero-order chi connectivity index (χ0) is 20.8. The predicted octanol–water partition coefficient (Wildman–Crippen LogP) is 4.73. The fraction of sp³-hybridized carbons (Fsp3) is 0.480. The molecule has 0 saturated carbocycles. The molecule has 2 fully saturated rings. The number of nitrogens with one attached hydrogen (secondary N) is 1. The minimum atomic E-state index is 0. The lowest BCUT2D eigenvalue weighted by Gasteiger charge is -2.37. The summed E-state index contributed by atoms with van der Waals surface area (Å²) >= 11 is 0. The van der Waals surface area contributed by atoms with E-state index in [0.717, 1.165) is 38.6 Å². The van der Waals surface area contributed by atoms with Gasteiger partial charge in [0, 0.05) is 32.7 Å². The summed E-state index contributed by atoms with van der Waals surface area (Å²) < 4.78 is 12.3. The topological polar surface area (TPSA) is 46.1 Å². The summed E-state index contributed by atoms with van der Waals surface area (Å²) in [6.45, 7) is 6.22. The van der Waals surface area contributed by atoms with Crippen LogP contribution in [0.2, 0.25) is 0 Å². The zero-order valence-electron chi connectivity index (χ0n) is 18.5. The Kier molecular flexibility index (Phi) is 9.16. The molecule has 2 heterocycles. The van der Waals surface area contributed by atoms with Crippen molar-refractivity contribution in [1.29, 1.82) is 0 Å². The summed E-state index contributed by atoms with van der Waals surface area (Å²) in [6, 6.07) is 19.1. The molecule has 4 rings (SSSR count). The van der Waals surface area contributed by atoms with Gasteiger partial charge in [0.1, 0.15) is 6.10 Å². The number of aliphatic imine (C=N–C) groups is 1. The quantitative estimate of drug-likeness (QED) is 0.350. The van der Waals surface area contributed by atoms with Gasteiger partial charge in [0.2, 0.25) is 0 Å². The van der Waals surface area contributed by atoms with Gasteiger partial charge in [0.25, 0.3) is 0 Å². The van der Waals surface area contributed by atoms with Crippen LogP contribution >= 0.6 is 24.0 Å². The van der Waals surface area contributed by atoms with Crippen molar-refractivity contribution < 1.29 is 9.47 Å². The molecule has 0 spiro atoms. The highest BCUT2D eigenvalue weighted by Gasteiger charge is 2.29. The molecule has 3 atom stereocenters. The first-order chi connectivity index (χ1) is 14.8. The summed E-state index contributed by atoms with van der Waals surface area (Å²) in [5.41, 5.74) is 3.81. The predicted molar refractivity (Wildman–Crippen MR) is 136 cm³/mol. The Morgan fingerprint density at radius 3 is 2.61 bits per heavy atom. The Labute approximate surface area is 203 Å². The molecular formula is C25H34IN3O2. The smallest absolute Gasteiger partial charge is 0.193 e. The van der Waals surface area contributed by atoms with Gasteiger partial charge in [-0.1, -0.05) is 54.6 Å². The molecule has 2 aliphatic rings. The van der Waals surface area contributed by atoms with Gasteiger partial charge in [-0.25, -0.2) is 0 Å². The van der Waals surface area contributed by atoms with E-state index in [1.54, 1.807) is 0 Å². The lowest BCUT2D eigenvalue weighted by molar-refractivity contribution is -0.0276. The molecular weight excluding hydrogens is 501 g/mol. The van der Waals surface area contributed by atoms with E-state index in [9.17, 15) is 0 Å². The van der Waals surface area contributed by atoms with Crippen molar-refractivity contribution in [3.05, 3.63) is 71.3 Å². The highest BCUT2D eigenvalue weighted by molar-refractivity contribution is 14.0. The second kappa shape index (κ2) is 11.8. The van der Waals surface area contributed by atoms with Crippen molar-refractivity contribution in [2.75, 3.05) is 39.9 Å². The lowest BCUT2D eigenvalue weighted by Crippen LogP contribution is -2.49. The second-order valence-corrected chi connectivity index (χ2v) is 8.19. The van der Waals surface area contributed by atoms with Crippen LogP contribution in [0, 0.1) is 12.8 Å². The van der Waals surface area contributed by atoms with E-state index in [0.29, 0.717) is 12.5 Å². The number of hydrogen-bond acceptors (Lipinski definition) is 3. The first kappa shape index (κ1) is 24.0. The van der Waals surface area contributed by atoms with Crippen LogP contribution in [-0.4, -0.2) is 50.8 Å². The molecule has 5 nitrogen and oxygen atoms in total. The maximum atomic E-state index is 6.16. The molecule has 2 aromatic carbocycles. The van der Waals surface area contributed by atoms with Crippen LogP contribution in [0.5, 0.6) is 0 Å². The molecule has 0 bridgehead atoms. The van der Waals surface area contributed by atoms with E-state index in [1.165, 1.54) is 23.1 Å². The summed E-state index contributed by atoms with van der Waals surface area (Å²) in [4.78, 5) is 6.90. The fourth-order valence-electron chi connectivity index (χ4n) is 4.60. The van der Waals surface area contributed by atoms with Crippen molar-refractivity contribution in [3.8, 4) is 0 Å². The van der Waals surface area contributed by atoms with Crippen molar-refractivity contribution in [1.82, 2.24) is 10.2 Å². The summed E-state index contributed by atoms with van der Waals surface area (Å²) in [7, 11) is 1.87. The average Bonchev–Trinajstić information content (AvgIpc) is 2.81. The van der Waals surface area contributed by atoms with Crippen molar-refractivity contribution in [2.24, 2.45) is 10.9 Å². The number of morpholine rings is 1. The van der Waals surface area contributed by atoms with E-state index in [-0.39, 0.29) is 36.2 Å². The highest BCUT2D eigenvalue weighted by atomic mass is 127. The zero-order valence-corrected chi connectivity index (χ0v) is 20.8. The minimum absolute atomic E-state index is 0. The first-order valence-corrected chi connectivity index (χ1v) is 11.1. The van der Waals surface area contributed by atoms with Crippen LogP contribution in [0.15, 0.2) is 59.6 Å². The minimum Gasteiger partial charge on any atom is -0.373 e. The average molecular weight is 535 g/mol. The van der Waals surface area contributed by atoms with E-state index in [4.69, 9.17) is 9.47 Å². The molecule has 0 amide bonds. The number of guanidine groups is 1. The number of rotatable bonds is 4. The maximum Gasteiger partial charge on any atom is 0.193 e. The van der Waals surface area contributed by atoms with Gasteiger partial charge in [-0.2, -0.15) is 0 Å². The first-order valence-electron chi connectivity index (χ1n) is 11.1. The van der Waals surface area contributed by atoms with E-state index in [2.05, 4.69) is 76.7 Å².